The first kappa shape index (κ1) is 21.3. The number of sulfonamides is 1. The summed E-state index contributed by atoms with van der Waals surface area (Å²) in [5.74, 6) is 0.314. The van der Waals surface area contributed by atoms with E-state index in [9.17, 15) is 13.2 Å². The molecular formula is C22H28N2O4S. The van der Waals surface area contributed by atoms with Crippen molar-refractivity contribution in [2.24, 2.45) is 5.92 Å². The molecular weight excluding hydrogens is 388 g/mol. The fraction of sp³-hybridized carbons (Fsp3) is 0.409. The van der Waals surface area contributed by atoms with Gasteiger partial charge in [0, 0.05) is 19.0 Å². The number of nitrogens with one attached hydrogen (secondary N) is 1. The lowest BCUT2D eigenvalue weighted by Crippen LogP contribution is -2.41. The third-order valence-electron chi connectivity index (χ3n) is 5.39. The third kappa shape index (κ3) is 4.79. The smallest absolute Gasteiger partial charge is 0.243 e. The molecule has 2 aromatic rings. The van der Waals surface area contributed by atoms with Crippen molar-refractivity contribution in [3.8, 4) is 5.75 Å². The molecule has 6 nitrogen and oxygen atoms in total. The molecule has 0 aromatic heterocycles. The zero-order valence-corrected chi connectivity index (χ0v) is 18.0. The number of amides is 1. The molecule has 0 aliphatic carbocycles. The summed E-state index contributed by atoms with van der Waals surface area (Å²) in [4.78, 5) is 13.0. The molecule has 1 fully saturated rings. The largest absolute Gasteiger partial charge is 0.492 e. The molecule has 1 aliphatic heterocycles. The predicted octanol–water partition coefficient (Wildman–Crippen LogP) is 3.74. The van der Waals surface area contributed by atoms with E-state index in [-0.39, 0.29) is 11.8 Å². The highest BCUT2D eigenvalue weighted by Gasteiger charge is 2.32. The number of aryl methyl sites for hydroxylation is 2. The van der Waals surface area contributed by atoms with E-state index in [0.717, 1.165) is 11.1 Å². The summed E-state index contributed by atoms with van der Waals surface area (Å²) >= 11 is 0. The Morgan fingerprint density at radius 3 is 2.45 bits per heavy atom. The number of carbonyl (C=O) groups is 1. The monoisotopic (exact) mass is 416 g/mol. The van der Waals surface area contributed by atoms with E-state index >= 15 is 0 Å². The van der Waals surface area contributed by atoms with Crippen molar-refractivity contribution in [1.82, 2.24) is 4.31 Å². The highest BCUT2D eigenvalue weighted by atomic mass is 32.2. The minimum Gasteiger partial charge on any atom is -0.492 e. The maximum absolute atomic E-state index is 12.9. The molecule has 2 aromatic carbocycles. The molecule has 156 valence electrons. The molecule has 1 aliphatic rings. The number of rotatable bonds is 6. The summed E-state index contributed by atoms with van der Waals surface area (Å²) in [5, 5.41) is 2.93. The fourth-order valence-corrected chi connectivity index (χ4v) is 5.02. The molecule has 1 heterocycles. The van der Waals surface area contributed by atoms with Crippen LogP contribution >= 0.6 is 0 Å². The molecule has 1 amide bonds. The van der Waals surface area contributed by atoms with Crippen molar-refractivity contribution in [3.63, 3.8) is 0 Å². The molecule has 0 spiro atoms. The van der Waals surface area contributed by atoms with Gasteiger partial charge >= 0.3 is 0 Å². The first-order valence-corrected chi connectivity index (χ1v) is 11.4. The van der Waals surface area contributed by atoms with E-state index in [1.165, 1.54) is 4.31 Å². The molecule has 1 N–H and O–H groups in total. The van der Waals surface area contributed by atoms with Crippen molar-refractivity contribution >= 4 is 21.6 Å². The number of ether oxygens (including phenoxy) is 1. The second kappa shape index (κ2) is 8.97. The summed E-state index contributed by atoms with van der Waals surface area (Å²) in [5.41, 5.74) is 2.66. The number of hydrogen-bond donors (Lipinski definition) is 1. The predicted molar refractivity (Wildman–Crippen MR) is 114 cm³/mol. The van der Waals surface area contributed by atoms with Crippen LogP contribution in [0, 0.1) is 19.8 Å². The first-order valence-electron chi connectivity index (χ1n) is 9.93. The minimum absolute atomic E-state index is 0.0969. The number of piperidine rings is 1. The zero-order valence-electron chi connectivity index (χ0n) is 17.1. The molecule has 0 atom stereocenters. The minimum atomic E-state index is -3.54. The Morgan fingerprint density at radius 2 is 1.79 bits per heavy atom. The quantitative estimate of drug-likeness (QED) is 0.778. The maximum atomic E-state index is 12.9. The molecule has 3 rings (SSSR count). The van der Waals surface area contributed by atoms with Gasteiger partial charge in [0.15, 0.2) is 0 Å². The van der Waals surface area contributed by atoms with Gasteiger partial charge in [-0.15, -0.1) is 0 Å². The Balaban J connectivity index is 1.64. The van der Waals surface area contributed by atoms with Gasteiger partial charge in [-0.05, 0) is 69.0 Å². The van der Waals surface area contributed by atoms with Gasteiger partial charge < -0.3 is 10.1 Å². The van der Waals surface area contributed by atoms with Crippen molar-refractivity contribution < 1.29 is 17.9 Å². The number of anilines is 1. The van der Waals surface area contributed by atoms with Gasteiger partial charge in [0.05, 0.1) is 17.2 Å². The lowest BCUT2D eigenvalue weighted by Gasteiger charge is -2.30. The van der Waals surface area contributed by atoms with E-state index in [1.54, 1.807) is 12.1 Å². The summed E-state index contributed by atoms with van der Waals surface area (Å²) in [6.45, 7) is 6.94. The summed E-state index contributed by atoms with van der Waals surface area (Å²) in [7, 11) is -3.54. The average molecular weight is 417 g/mol. The highest BCUT2D eigenvalue weighted by molar-refractivity contribution is 7.89. The van der Waals surface area contributed by atoms with Gasteiger partial charge in [0.2, 0.25) is 15.9 Å². The lowest BCUT2D eigenvalue weighted by atomic mass is 9.97. The van der Waals surface area contributed by atoms with Gasteiger partial charge in [0.1, 0.15) is 5.75 Å². The van der Waals surface area contributed by atoms with E-state index in [0.29, 0.717) is 48.9 Å². The van der Waals surface area contributed by atoms with Crippen molar-refractivity contribution in [2.75, 3.05) is 25.0 Å². The van der Waals surface area contributed by atoms with E-state index < -0.39 is 10.0 Å². The Morgan fingerprint density at radius 1 is 1.10 bits per heavy atom. The second-order valence-corrected chi connectivity index (χ2v) is 9.28. The average Bonchev–Trinajstić information content (AvgIpc) is 2.71. The molecule has 0 saturated carbocycles. The van der Waals surface area contributed by atoms with E-state index in [4.69, 9.17) is 4.74 Å². The molecule has 7 heteroatoms. The van der Waals surface area contributed by atoms with Crippen LogP contribution in [0.1, 0.15) is 30.9 Å². The van der Waals surface area contributed by atoms with Gasteiger partial charge in [0.25, 0.3) is 0 Å². The standard InChI is InChI=1S/C22H28N2O4S/c1-4-28-21-8-6-5-7-20(21)23-22(25)18-11-13-24(14-12-18)29(26,27)19-10-9-16(2)17(3)15-19/h5-10,15,18H,4,11-14H2,1-3H3,(H,23,25). The summed E-state index contributed by atoms with van der Waals surface area (Å²) in [6, 6.07) is 12.5. The van der Waals surface area contributed by atoms with Crippen LogP contribution in [0.5, 0.6) is 5.75 Å². The van der Waals surface area contributed by atoms with Crippen LogP contribution in [0.25, 0.3) is 0 Å². The van der Waals surface area contributed by atoms with Crippen molar-refractivity contribution in [3.05, 3.63) is 53.6 Å². The Labute approximate surface area is 172 Å². The third-order valence-corrected chi connectivity index (χ3v) is 7.28. The highest BCUT2D eigenvalue weighted by Crippen LogP contribution is 2.28. The van der Waals surface area contributed by atoms with Crippen LogP contribution in [0.2, 0.25) is 0 Å². The molecule has 1 saturated heterocycles. The van der Waals surface area contributed by atoms with E-state index in [1.807, 2.05) is 51.1 Å². The van der Waals surface area contributed by atoms with Gasteiger partial charge in [-0.3, -0.25) is 4.79 Å². The van der Waals surface area contributed by atoms with Crippen LogP contribution in [0.4, 0.5) is 5.69 Å². The Bertz CT molecular complexity index is 980. The second-order valence-electron chi connectivity index (χ2n) is 7.34. The summed E-state index contributed by atoms with van der Waals surface area (Å²) in [6.07, 6.45) is 0.986. The van der Waals surface area contributed by atoms with Crippen molar-refractivity contribution in [2.45, 2.75) is 38.5 Å². The Kier molecular flexibility index (Phi) is 6.59. The number of para-hydroxylation sites is 2. The number of hydrogen-bond acceptors (Lipinski definition) is 4. The number of carbonyl (C=O) groups excluding carboxylic acids is 1. The molecule has 0 unspecified atom stereocenters. The van der Waals surface area contributed by atoms with Crippen LogP contribution in [0.15, 0.2) is 47.4 Å². The molecule has 0 radical (unpaired) electrons. The Hall–Kier alpha value is -2.38. The van der Waals surface area contributed by atoms with Gasteiger partial charge in [-0.1, -0.05) is 18.2 Å². The number of benzene rings is 2. The van der Waals surface area contributed by atoms with Crippen molar-refractivity contribution in [1.29, 1.82) is 0 Å². The molecule has 0 bridgehead atoms. The topological polar surface area (TPSA) is 75.7 Å². The molecule has 29 heavy (non-hydrogen) atoms. The van der Waals surface area contributed by atoms with Crippen LogP contribution in [-0.2, 0) is 14.8 Å². The number of nitrogens with zero attached hydrogens (tertiary/aromatic N) is 1. The normalized spacial score (nSPS) is 15.8. The fourth-order valence-electron chi connectivity index (χ4n) is 3.47. The lowest BCUT2D eigenvalue weighted by molar-refractivity contribution is -0.120. The summed E-state index contributed by atoms with van der Waals surface area (Å²) < 4.78 is 32.9. The first-order chi connectivity index (χ1) is 13.8. The maximum Gasteiger partial charge on any atom is 0.243 e. The zero-order chi connectivity index (χ0) is 21.0. The van der Waals surface area contributed by atoms with Gasteiger partial charge in [-0.2, -0.15) is 4.31 Å². The van der Waals surface area contributed by atoms with Crippen LogP contribution in [-0.4, -0.2) is 38.3 Å². The SMILES string of the molecule is CCOc1ccccc1NC(=O)C1CCN(S(=O)(=O)c2ccc(C)c(C)c2)CC1. The van der Waals surface area contributed by atoms with Crippen LogP contribution in [0.3, 0.4) is 0 Å². The van der Waals surface area contributed by atoms with Gasteiger partial charge in [-0.25, -0.2) is 8.42 Å². The van der Waals surface area contributed by atoms with E-state index in [2.05, 4.69) is 5.32 Å². The van der Waals surface area contributed by atoms with Crippen LogP contribution < -0.4 is 10.1 Å².